The molecule has 0 unspecified atom stereocenters. The molecule has 54 heavy (non-hydrogen) atoms. The third-order valence-electron chi connectivity index (χ3n) is 10.5. The third-order valence-corrected chi connectivity index (χ3v) is 10.5. The van der Waals surface area contributed by atoms with Gasteiger partial charge in [0.05, 0.1) is 22.4 Å². The minimum absolute atomic E-state index is 0.864. The van der Waals surface area contributed by atoms with Crippen LogP contribution >= 0.6 is 0 Å². The van der Waals surface area contributed by atoms with Crippen molar-refractivity contribution in [1.29, 1.82) is 0 Å². The van der Waals surface area contributed by atoms with E-state index in [2.05, 4.69) is 217 Å². The van der Waals surface area contributed by atoms with Crippen LogP contribution in [0, 0.1) is 0 Å². The molecule has 254 valence electrons. The van der Waals surface area contributed by atoms with Crippen LogP contribution in [0.2, 0.25) is 0 Å². The lowest BCUT2D eigenvalue weighted by atomic mass is 9.95. The molecule has 9 aromatic carbocycles. The first-order chi connectivity index (χ1) is 26.8. The second kappa shape index (κ2) is 13.4. The Labute approximate surface area is 314 Å². The van der Waals surface area contributed by atoms with E-state index >= 15 is 0 Å². The quantitative estimate of drug-likeness (QED) is 0.166. The van der Waals surface area contributed by atoms with Crippen LogP contribution in [-0.2, 0) is 0 Å². The summed E-state index contributed by atoms with van der Waals surface area (Å²) in [7, 11) is 0. The zero-order valence-corrected chi connectivity index (χ0v) is 29.6. The Morgan fingerprint density at radius 2 is 0.833 bits per heavy atom. The Morgan fingerprint density at radius 1 is 0.315 bits per heavy atom. The first-order valence-electron chi connectivity index (χ1n) is 18.4. The second-order valence-corrected chi connectivity index (χ2v) is 13.7. The summed E-state index contributed by atoms with van der Waals surface area (Å²) in [5.41, 5.74) is 14.1. The van der Waals surface area contributed by atoms with Crippen molar-refractivity contribution in [3.63, 3.8) is 0 Å². The molecule has 10 aromatic rings. The van der Waals surface area contributed by atoms with E-state index in [-0.39, 0.29) is 0 Å². The van der Waals surface area contributed by atoms with Crippen molar-refractivity contribution >= 4 is 49.8 Å². The lowest BCUT2D eigenvalue weighted by Crippen LogP contribution is -2.13. The Morgan fingerprint density at radius 3 is 1.56 bits per heavy atom. The van der Waals surface area contributed by atoms with Crippen molar-refractivity contribution in [2.75, 3.05) is 4.90 Å². The molecule has 0 amide bonds. The minimum Gasteiger partial charge on any atom is -0.455 e. The standard InChI is InChI=1S/C52H35NO/c1-3-15-36(16-4-1)38-27-30-40(31-28-38)44-22-10-13-25-48(44)53(47-24-12-9-21-43(47)39-18-5-2-6-19-39)49-34-33-45(42-32-29-37-17-7-8-20-41(37)35-42)52-51(49)46-23-11-14-26-50(46)54-52/h1-35H. The van der Waals surface area contributed by atoms with Gasteiger partial charge in [-0.2, -0.15) is 0 Å². The van der Waals surface area contributed by atoms with Gasteiger partial charge in [0, 0.05) is 22.1 Å². The number of furan rings is 1. The van der Waals surface area contributed by atoms with Crippen molar-refractivity contribution < 1.29 is 4.42 Å². The maximum absolute atomic E-state index is 6.87. The van der Waals surface area contributed by atoms with Gasteiger partial charge in [-0.1, -0.05) is 176 Å². The molecule has 0 atom stereocenters. The normalized spacial score (nSPS) is 11.3. The molecule has 2 nitrogen and oxygen atoms in total. The van der Waals surface area contributed by atoms with Crippen LogP contribution in [-0.4, -0.2) is 0 Å². The molecule has 0 aliphatic carbocycles. The van der Waals surface area contributed by atoms with Gasteiger partial charge in [-0.05, 0) is 75.0 Å². The highest BCUT2D eigenvalue weighted by Gasteiger charge is 2.25. The Bertz CT molecular complexity index is 2920. The van der Waals surface area contributed by atoms with E-state index in [1.54, 1.807) is 0 Å². The number of rotatable bonds is 7. The minimum atomic E-state index is 0.864. The van der Waals surface area contributed by atoms with Crippen LogP contribution in [0.25, 0.3) is 77.2 Å². The average molecular weight is 690 g/mol. The summed E-state index contributed by atoms with van der Waals surface area (Å²) in [5, 5.41) is 4.58. The molecule has 10 rings (SSSR count). The van der Waals surface area contributed by atoms with Gasteiger partial charge in [-0.3, -0.25) is 0 Å². The van der Waals surface area contributed by atoms with Crippen molar-refractivity contribution in [3.8, 4) is 44.5 Å². The molecule has 0 saturated carbocycles. The molecule has 0 bridgehead atoms. The number of fused-ring (bicyclic) bond motifs is 4. The molecule has 0 N–H and O–H groups in total. The van der Waals surface area contributed by atoms with Gasteiger partial charge in [-0.25, -0.2) is 0 Å². The van der Waals surface area contributed by atoms with Crippen LogP contribution in [0.5, 0.6) is 0 Å². The van der Waals surface area contributed by atoms with Gasteiger partial charge in [0.1, 0.15) is 11.2 Å². The molecular formula is C52H35NO. The fourth-order valence-corrected chi connectivity index (χ4v) is 7.89. The highest BCUT2D eigenvalue weighted by Crippen LogP contribution is 2.50. The average Bonchev–Trinajstić information content (AvgIpc) is 3.65. The van der Waals surface area contributed by atoms with Gasteiger partial charge < -0.3 is 9.32 Å². The van der Waals surface area contributed by atoms with E-state index < -0.39 is 0 Å². The maximum atomic E-state index is 6.87. The topological polar surface area (TPSA) is 16.4 Å². The summed E-state index contributed by atoms with van der Waals surface area (Å²) in [6.07, 6.45) is 0. The van der Waals surface area contributed by atoms with Crippen molar-refractivity contribution in [3.05, 3.63) is 212 Å². The number of anilines is 3. The van der Waals surface area contributed by atoms with E-state index in [1.165, 1.54) is 21.9 Å². The Balaban J connectivity index is 1.24. The van der Waals surface area contributed by atoms with Crippen LogP contribution in [0.3, 0.4) is 0 Å². The lowest BCUT2D eigenvalue weighted by Gasteiger charge is -2.30. The molecule has 0 saturated heterocycles. The number of hydrogen-bond donors (Lipinski definition) is 0. The summed E-state index contributed by atoms with van der Waals surface area (Å²) in [6, 6.07) is 75.8. The Kier molecular flexibility index (Phi) is 7.85. The molecule has 1 aromatic heterocycles. The predicted molar refractivity (Wildman–Crippen MR) is 228 cm³/mol. The largest absolute Gasteiger partial charge is 0.455 e. The predicted octanol–water partition coefficient (Wildman–Crippen LogP) is 14.9. The number of para-hydroxylation sites is 3. The highest BCUT2D eigenvalue weighted by molar-refractivity contribution is 6.18. The summed E-state index contributed by atoms with van der Waals surface area (Å²) >= 11 is 0. The zero-order chi connectivity index (χ0) is 35.8. The first kappa shape index (κ1) is 31.6. The van der Waals surface area contributed by atoms with E-state index in [0.717, 1.165) is 72.4 Å². The summed E-state index contributed by atoms with van der Waals surface area (Å²) in [4.78, 5) is 2.44. The highest BCUT2D eigenvalue weighted by atomic mass is 16.3. The molecule has 0 aliphatic rings. The van der Waals surface area contributed by atoms with Crippen LogP contribution in [0.1, 0.15) is 0 Å². The molecule has 2 heteroatoms. The van der Waals surface area contributed by atoms with Crippen molar-refractivity contribution in [2.24, 2.45) is 0 Å². The molecule has 0 fully saturated rings. The summed E-state index contributed by atoms with van der Waals surface area (Å²) in [6.45, 7) is 0. The number of benzene rings is 9. The van der Waals surface area contributed by atoms with Crippen LogP contribution in [0.15, 0.2) is 217 Å². The second-order valence-electron chi connectivity index (χ2n) is 13.7. The van der Waals surface area contributed by atoms with E-state index in [1.807, 2.05) is 0 Å². The maximum Gasteiger partial charge on any atom is 0.145 e. The fraction of sp³-hybridized carbons (Fsp3) is 0. The SMILES string of the molecule is c1ccc(-c2ccc(-c3ccccc3N(c3ccccc3-c3ccccc3)c3ccc(-c4ccc5ccccc5c4)c4oc5ccccc5c34)cc2)cc1. The van der Waals surface area contributed by atoms with E-state index in [0.29, 0.717) is 0 Å². The lowest BCUT2D eigenvalue weighted by molar-refractivity contribution is 0.670. The number of nitrogens with zero attached hydrogens (tertiary/aromatic N) is 1. The molecule has 1 heterocycles. The number of hydrogen-bond acceptors (Lipinski definition) is 2. The van der Waals surface area contributed by atoms with E-state index in [9.17, 15) is 0 Å². The zero-order valence-electron chi connectivity index (χ0n) is 29.6. The van der Waals surface area contributed by atoms with Crippen molar-refractivity contribution in [2.45, 2.75) is 0 Å². The first-order valence-corrected chi connectivity index (χ1v) is 18.4. The third kappa shape index (κ3) is 5.53. The summed E-state index contributed by atoms with van der Waals surface area (Å²) < 4.78 is 6.87. The Hall–Kier alpha value is -7.16. The summed E-state index contributed by atoms with van der Waals surface area (Å²) in [5.74, 6) is 0. The van der Waals surface area contributed by atoms with Gasteiger partial charge in [0.2, 0.25) is 0 Å². The van der Waals surface area contributed by atoms with Gasteiger partial charge in [0.15, 0.2) is 0 Å². The monoisotopic (exact) mass is 689 g/mol. The smallest absolute Gasteiger partial charge is 0.145 e. The molecule has 0 aliphatic heterocycles. The molecular weight excluding hydrogens is 655 g/mol. The van der Waals surface area contributed by atoms with Crippen LogP contribution in [0.4, 0.5) is 17.1 Å². The molecule has 0 radical (unpaired) electrons. The molecule has 0 spiro atoms. The van der Waals surface area contributed by atoms with Gasteiger partial charge >= 0.3 is 0 Å². The van der Waals surface area contributed by atoms with Gasteiger partial charge in [-0.15, -0.1) is 0 Å². The van der Waals surface area contributed by atoms with Crippen LogP contribution < -0.4 is 4.90 Å². The van der Waals surface area contributed by atoms with E-state index in [4.69, 9.17) is 4.42 Å². The van der Waals surface area contributed by atoms with Gasteiger partial charge in [0.25, 0.3) is 0 Å². The van der Waals surface area contributed by atoms with Crippen molar-refractivity contribution in [1.82, 2.24) is 0 Å². The fourth-order valence-electron chi connectivity index (χ4n) is 7.89.